The minimum absolute atomic E-state index is 0.0828. The zero-order chi connectivity index (χ0) is 17.6. The van der Waals surface area contributed by atoms with Gasteiger partial charge >= 0.3 is 0 Å². The zero-order valence-corrected chi connectivity index (χ0v) is 15.7. The number of benzene rings is 2. The molecule has 0 bridgehead atoms. The average Bonchev–Trinajstić information content (AvgIpc) is 3.11. The molecule has 1 heterocycles. The van der Waals surface area contributed by atoms with Crippen molar-refractivity contribution in [2.75, 3.05) is 13.1 Å². The van der Waals surface area contributed by atoms with Crippen LogP contribution in [0, 0.1) is 0 Å². The molecular weight excluding hydrogens is 355 g/mol. The van der Waals surface area contributed by atoms with Crippen LogP contribution in [0.4, 0.5) is 0 Å². The Hall–Kier alpha value is -1.55. The van der Waals surface area contributed by atoms with Crippen molar-refractivity contribution < 1.29 is 9.69 Å². The van der Waals surface area contributed by atoms with Crippen molar-refractivity contribution in [2.24, 2.45) is 0 Å². The SMILES string of the molecule is O=C(Cc1c(Cl)cccc1Cl)NCc1ccc(C[NH+]2CCCC2)cc1. The van der Waals surface area contributed by atoms with Crippen LogP contribution in [0.5, 0.6) is 0 Å². The highest BCUT2D eigenvalue weighted by molar-refractivity contribution is 6.36. The molecule has 0 atom stereocenters. The Balaban J connectivity index is 1.50. The highest BCUT2D eigenvalue weighted by Crippen LogP contribution is 2.24. The van der Waals surface area contributed by atoms with Gasteiger partial charge in [-0.2, -0.15) is 0 Å². The molecule has 0 radical (unpaired) electrons. The molecule has 2 N–H and O–H groups in total. The van der Waals surface area contributed by atoms with Crippen LogP contribution < -0.4 is 10.2 Å². The highest BCUT2D eigenvalue weighted by atomic mass is 35.5. The lowest BCUT2D eigenvalue weighted by molar-refractivity contribution is -0.901. The molecule has 2 aromatic carbocycles. The lowest BCUT2D eigenvalue weighted by atomic mass is 10.1. The summed E-state index contributed by atoms with van der Waals surface area (Å²) in [6, 6.07) is 13.8. The fourth-order valence-corrected chi connectivity index (χ4v) is 3.77. The Bertz CT molecular complexity index is 705. The van der Waals surface area contributed by atoms with E-state index in [1.54, 1.807) is 23.1 Å². The summed E-state index contributed by atoms with van der Waals surface area (Å²) in [7, 11) is 0. The summed E-state index contributed by atoms with van der Waals surface area (Å²) in [6.07, 6.45) is 2.87. The van der Waals surface area contributed by atoms with Crippen LogP contribution in [0.3, 0.4) is 0 Å². The standard InChI is InChI=1S/C20H22Cl2N2O/c21-18-4-3-5-19(22)17(18)12-20(25)23-13-15-6-8-16(9-7-15)14-24-10-1-2-11-24/h3-9H,1-2,10-14H2,(H,23,25)/p+1. The Morgan fingerprint density at radius 1 is 0.960 bits per heavy atom. The van der Waals surface area contributed by atoms with Crippen LogP contribution in [0.2, 0.25) is 10.0 Å². The smallest absolute Gasteiger partial charge is 0.224 e. The third-order valence-corrected chi connectivity index (χ3v) is 5.38. The lowest BCUT2D eigenvalue weighted by Gasteiger charge is -2.12. The molecular formula is C20H23Cl2N2O+. The zero-order valence-electron chi connectivity index (χ0n) is 14.2. The van der Waals surface area contributed by atoms with Gasteiger partial charge in [0.05, 0.1) is 19.5 Å². The molecule has 0 aromatic heterocycles. The normalized spacial score (nSPS) is 14.6. The first-order chi connectivity index (χ1) is 12.1. The van der Waals surface area contributed by atoms with Gasteiger partial charge in [-0.05, 0) is 23.3 Å². The summed E-state index contributed by atoms with van der Waals surface area (Å²) in [6.45, 7) is 4.17. The van der Waals surface area contributed by atoms with Gasteiger partial charge in [-0.15, -0.1) is 0 Å². The van der Waals surface area contributed by atoms with Gasteiger partial charge in [0, 0.05) is 35.0 Å². The van der Waals surface area contributed by atoms with Gasteiger partial charge < -0.3 is 10.2 Å². The number of nitrogens with one attached hydrogen (secondary N) is 2. The summed E-state index contributed by atoms with van der Waals surface area (Å²) < 4.78 is 0. The van der Waals surface area contributed by atoms with E-state index in [2.05, 4.69) is 29.6 Å². The third-order valence-electron chi connectivity index (χ3n) is 4.68. The number of carbonyl (C=O) groups is 1. The van der Waals surface area contributed by atoms with Crippen LogP contribution >= 0.6 is 23.2 Å². The first kappa shape index (κ1) is 18.2. The maximum absolute atomic E-state index is 12.2. The van der Waals surface area contributed by atoms with Gasteiger partial charge in [-0.25, -0.2) is 0 Å². The molecule has 2 aromatic rings. The molecule has 3 nitrogen and oxygen atoms in total. The maximum atomic E-state index is 12.2. The van der Waals surface area contributed by atoms with E-state index in [-0.39, 0.29) is 12.3 Å². The molecule has 0 unspecified atom stereocenters. The molecule has 3 rings (SSSR count). The number of amides is 1. The van der Waals surface area contributed by atoms with Gasteiger partial charge in [-0.3, -0.25) is 4.79 Å². The fraction of sp³-hybridized carbons (Fsp3) is 0.350. The second kappa shape index (κ2) is 8.70. The van der Waals surface area contributed by atoms with Gasteiger partial charge in [0.1, 0.15) is 6.54 Å². The first-order valence-electron chi connectivity index (χ1n) is 8.73. The van der Waals surface area contributed by atoms with E-state index in [4.69, 9.17) is 23.2 Å². The van der Waals surface area contributed by atoms with Crippen molar-refractivity contribution >= 4 is 29.1 Å². The van der Waals surface area contributed by atoms with Crippen LogP contribution in [0.1, 0.15) is 29.5 Å². The van der Waals surface area contributed by atoms with Crippen molar-refractivity contribution in [1.82, 2.24) is 5.32 Å². The molecule has 1 saturated heterocycles. The van der Waals surface area contributed by atoms with Crippen molar-refractivity contribution in [3.8, 4) is 0 Å². The summed E-state index contributed by atoms with van der Waals surface area (Å²) in [4.78, 5) is 13.8. The van der Waals surface area contributed by atoms with E-state index < -0.39 is 0 Å². The minimum atomic E-state index is -0.0828. The summed E-state index contributed by atoms with van der Waals surface area (Å²) in [5.74, 6) is -0.0828. The van der Waals surface area contributed by atoms with E-state index in [1.165, 1.54) is 31.5 Å². The van der Waals surface area contributed by atoms with Crippen LogP contribution in [-0.4, -0.2) is 19.0 Å². The van der Waals surface area contributed by atoms with Gasteiger partial charge in [0.2, 0.25) is 5.91 Å². The van der Waals surface area contributed by atoms with E-state index in [9.17, 15) is 4.79 Å². The Morgan fingerprint density at radius 3 is 2.20 bits per heavy atom. The summed E-state index contributed by atoms with van der Waals surface area (Å²) in [5.41, 5.74) is 3.13. The topological polar surface area (TPSA) is 33.5 Å². The van der Waals surface area contributed by atoms with E-state index in [0.717, 1.165) is 12.1 Å². The molecule has 132 valence electrons. The molecule has 0 spiro atoms. The van der Waals surface area contributed by atoms with Gasteiger partial charge in [-0.1, -0.05) is 53.5 Å². The molecule has 1 aliphatic heterocycles. The molecule has 1 fully saturated rings. The number of rotatable bonds is 6. The minimum Gasteiger partial charge on any atom is -0.352 e. The van der Waals surface area contributed by atoms with Crippen molar-refractivity contribution in [3.63, 3.8) is 0 Å². The van der Waals surface area contributed by atoms with Crippen molar-refractivity contribution in [3.05, 3.63) is 69.2 Å². The number of quaternary nitrogens is 1. The molecule has 0 saturated carbocycles. The maximum Gasteiger partial charge on any atom is 0.224 e. The van der Waals surface area contributed by atoms with E-state index in [1.807, 2.05) is 0 Å². The molecule has 1 aliphatic rings. The number of halogens is 2. The Labute approximate surface area is 158 Å². The Kier molecular flexibility index (Phi) is 6.35. The predicted molar refractivity (Wildman–Crippen MR) is 102 cm³/mol. The van der Waals surface area contributed by atoms with Crippen molar-refractivity contribution in [1.29, 1.82) is 0 Å². The largest absolute Gasteiger partial charge is 0.352 e. The summed E-state index contributed by atoms with van der Waals surface area (Å²) in [5, 5.41) is 3.98. The first-order valence-corrected chi connectivity index (χ1v) is 9.48. The van der Waals surface area contributed by atoms with Crippen LogP contribution in [-0.2, 0) is 24.3 Å². The van der Waals surface area contributed by atoms with E-state index in [0.29, 0.717) is 22.2 Å². The molecule has 5 heteroatoms. The van der Waals surface area contributed by atoms with Crippen molar-refractivity contribution in [2.45, 2.75) is 32.4 Å². The fourth-order valence-electron chi connectivity index (χ4n) is 3.24. The molecule has 25 heavy (non-hydrogen) atoms. The second-order valence-electron chi connectivity index (χ2n) is 6.60. The van der Waals surface area contributed by atoms with Gasteiger partial charge in [0.25, 0.3) is 0 Å². The highest BCUT2D eigenvalue weighted by Gasteiger charge is 2.15. The number of carbonyl (C=O) groups excluding carboxylic acids is 1. The number of hydrogen-bond donors (Lipinski definition) is 2. The van der Waals surface area contributed by atoms with E-state index >= 15 is 0 Å². The quantitative estimate of drug-likeness (QED) is 0.796. The molecule has 0 aliphatic carbocycles. The van der Waals surface area contributed by atoms with Crippen LogP contribution in [0.25, 0.3) is 0 Å². The average molecular weight is 378 g/mol. The monoisotopic (exact) mass is 377 g/mol. The number of hydrogen-bond acceptors (Lipinski definition) is 1. The lowest BCUT2D eigenvalue weighted by Crippen LogP contribution is -3.08. The van der Waals surface area contributed by atoms with Crippen LogP contribution in [0.15, 0.2) is 42.5 Å². The molecule has 1 amide bonds. The summed E-state index contributed by atoms with van der Waals surface area (Å²) >= 11 is 12.2. The Morgan fingerprint density at radius 2 is 1.56 bits per heavy atom. The number of likely N-dealkylation sites (tertiary alicyclic amines) is 1. The second-order valence-corrected chi connectivity index (χ2v) is 7.42. The third kappa shape index (κ3) is 5.21. The van der Waals surface area contributed by atoms with Gasteiger partial charge in [0.15, 0.2) is 0 Å². The predicted octanol–water partition coefficient (Wildman–Crippen LogP) is 3.03.